The van der Waals surface area contributed by atoms with Gasteiger partial charge in [0.15, 0.2) is 0 Å². The summed E-state index contributed by atoms with van der Waals surface area (Å²) in [6.45, 7) is 0. The maximum Gasteiger partial charge on any atom is 0.0546 e. The number of hydrogen-bond donors (Lipinski definition) is 0. The molecule has 0 fully saturated rings. The Balaban J connectivity index is 0.000000110. The van der Waals surface area contributed by atoms with Gasteiger partial charge in [0.2, 0.25) is 0 Å². The summed E-state index contributed by atoms with van der Waals surface area (Å²) in [6.07, 6.45) is 0. The molecular formula is C138H91N3S3. The minimum absolute atomic E-state index is 1.12. The molecule has 0 radical (unpaired) electrons. The summed E-state index contributed by atoms with van der Waals surface area (Å²) in [5.74, 6) is 0. The van der Waals surface area contributed by atoms with Crippen LogP contribution >= 0.6 is 34.0 Å². The molecule has 0 atom stereocenters. The molecule has 0 bridgehead atoms. The van der Waals surface area contributed by atoms with Crippen LogP contribution in [-0.4, -0.2) is 0 Å². The van der Waals surface area contributed by atoms with Crippen molar-refractivity contribution in [3.05, 3.63) is 552 Å². The first-order valence-corrected chi connectivity index (χ1v) is 51.6. The molecule has 676 valence electrons. The lowest BCUT2D eigenvalue weighted by molar-refractivity contribution is 1.29. The highest BCUT2D eigenvalue weighted by Gasteiger charge is 2.23. The summed E-state index contributed by atoms with van der Waals surface area (Å²) in [4.78, 5) is 7.15. The number of benzene rings is 25. The lowest BCUT2D eigenvalue weighted by Gasteiger charge is -2.28. The largest absolute Gasteiger partial charge is 0.310 e. The number of fused-ring (bicyclic) bond motifs is 19. The smallest absolute Gasteiger partial charge is 0.0546 e. The summed E-state index contributed by atoms with van der Waals surface area (Å²) in [7, 11) is 0. The molecule has 0 aliphatic heterocycles. The lowest BCUT2D eigenvalue weighted by Crippen LogP contribution is -2.10. The van der Waals surface area contributed by atoms with Gasteiger partial charge in [-0.25, -0.2) is 0 Å². The van der Waals surface area contributed by atoms with Crippen molar-refractivity contribution >= 4 is 210 Å². The Bertz CT molecular complexity index is 9640. The number of rotatable bonds is 16. The molecule has 28 rings (SSSR count). The zero-order chi connectivity index (χ0) is 95.3. The minimum Gasteiger partial charge on any atom is -0.310 e. The topological polar surface area (TPSA) is 9.72 Å². The van der Waals surface area contributed by atoms with Crippen LogP contribution in [0.1, 0.15) is 0 Å². The molecule has 6 heteroatoms. The Kier molecular flexibility index (Phi) is 22.6. The van der Waals surface area contributed by atoms with Crippen molar-refractivity contribution in [2.75, 3.05) is 14.7 Å². The number of hydrogen-bond acceptors (Lipinski definition) is 6. The molecule has 144 heavy (non-hydrogen) atoms. The Morgan fingerprint density at radius 1 is 0.104 bits per heavy atom. The van der Waals surface area contributed by atoms with Crippen LogP contribution in [-0.2, 0) is 0 Å². The average molecular weight is 1890 g/mol. The van der Waals surface area contributed by atoms with E-state index in [1.54, 1.807) is 0 Å². The molecule has 0 spiro atoms. The lowest BCUT2D eigenvalue weighted by atomic mass is 9.94. The summed E-state index contributed by atoms with van der Waals surface area (Å²) in [5.41, 5.74) is 27.2. The van der Waals surface area contributed by atoms with Crippen LogP contribution in [0.2, 0.25) is 0 Å². The van der Waals surface area contributed by atoms with E-state index in [0.29, 0.717) is 0 Å². The quantitative estimate of drug-likeness (QED) is 0.0893. The summed E-state index contributed by atoms with van der Waals surface area (Å²) < 4.78 is 7.99. The van der Waals surface area contributed by atoms with Gasteiger partial charge in [-0.05, 0) is 301 Å². The van der Waals surface area contributed by atoms with E-state index in [1.807, 2.05) is 34.0 Å². The molecular weight excluding hydrogens is 1800 g/mol. The first-order chi connectivity index (χ1) is 71.3. The second-order valence-corrected chi connectivity index (χ2v) is 40.2. The fraction of sp³-hybridized carbons (Fsp3) is 0. The van der Waals surface area contributed by atoms with E-state index in [1.165, 1.54) is 209 Å². The molecule has 3 aromatic heterocycles. The molecule has 0 aliphatic rings. The predicted octanol–water partition coefficient (Wildman–Crippen LogP) is 41.2. The maximum absolute atomic E-state index is 2.41. The molecule has 25 aromatic carbocycles. The van der Waals surface area contributed by atoms with Crippen molar-refractivity contribution < 1.29 is 0 Å². The molecule has 0 saturated heterocycles. The van der Waals surface area contributed by atoms with Crippen molar-refractivity contribution in [2.24, 2.45) is 0 Å². The van der Waals surface area contributed by atoms with Gasteiger partial charge in [0.25, 0.3) is 0 Å². The first-order valence-electron chi connectivity index (χ1n) is 49.1. The Morgan fingerprint density at radius 3 is 0.743 bits per heavy atom. The van der Waals surface area contributed by atoms with Crippen molar-refractivity contribution in [2.45, 2.75) is 0 Å². The zero-order valence-electron chi connectivity index (χ0n) is 78.6. The van der Waals surface area contributed by atoms with Crippen LogP contribution in [0.3, 0.4) is 0 Å². The monoisotopic (exact) mass is 1890 g/mol. The molecule has 0 amide bonds. The van der Waals surface area contributed by atoms with Crippen LogP contribution < -0.4 is 14.7 Å². The van der Waals surface area contributed by atoms with Crippen molar-refractivity contribution in [3.8, 4) is 77.9 Å². The highest BCUT2D eigenvalue weighted by atomic mass is 32.1. The standard InChI is InChI=1S/C48H31NS.C46H31NS.C44H29NS/c1-2-10-32(11-3-1)33-18-23-36(24-19-33)49(38-27-28-43-41-14-5-4-12-39(41)40-13-6-7-15-42(40)45(43)31-38)37-25-20-34(21-26-37)35-22-29-48-46(30-35)44-16-8-9-17-47(44)50-48;1-2-9-32(10-3-1)36-13-8-14-37(29-36)34-17-23-40(24-18-34)47(42-27-21-33-11-4-5-12-38(33)30-42)41-25-19-35(20-26-41)39-22-28-46-44(31-39)43-15-6-7-16-45(43)48-46;1-2-10-30(11-3-1)31-18-23-35(24-19-31)45(42-29-34-12-4-5-13-37(34)38-14-6-7-15-39(38)42)36-25-20-32(21-26-36)33-22-27-44-41(28-33)40-16-8-9-17-43(40)46-44/h1-31H;1-31H;1-29H. The van der Waals surface area contributed by atoms with E-state index in [2.05, 4.69) is 567 Å². The molecule has 0 N–H and O–H groups in total. The third kappa shape index (κ3) is 16.6. The van der Waals surface area contributed by atoms with Gasteiger partial charge in [-0.1, -0.05) is 388 Å². The predicted molar refractivity (Wildman–Crippen MR) is 625 cm³/mol. The SMILES string of the molecule is c1ccc(-c2ccc(N(c3ccc(-c4ccc5sc6ccccc6c5c4)cc3)c3cc4ccccc4c4ccccc34)cc2)cc1.c1ccc(-c2ccc(N(c3ccc(-c4ccc5sc6ccccc6c5c4)cc3)c3ccc4c5ccccc5c5ccccc5c4c3)cc2)cc1.c1ccc(-c2cccc(-c3ccc(N(c4ccc(-c5ccc6sc7ccccc7c6c5)cc4)c4ccc5ccccc5c4)cc3)c2)cc1. The van der Waals surface area contributed by atoms with Gasteiger partial charge >= 0.3 is 0 Å². The average Bonchev–Trinajstić information content (AvgIpc) is 1.30. The van der Waals surface area contributed by atoms with Crippen molar-refractivity contribution in [1.82, 2.24) is 0 Å². The summed E-state index contributed by atoms with van der Waals surface area (Å²) in [5, 5.41) is 23.1. The molecule has 3 nitrogen and oxygen atoms in total. The fourth-order valence-corrected chi connectivity index (χ4v) is 24.5. The van der Waals surface area contributed by atoms with Crippen LogP contribution in [0.15, 0.2) is 552 Å². The maximum atomic E-state index is 2.41. The number of thiophene rings is 3. The minimum atomic E-state index is 1.12. The van der Waals surface area contributed by atoms with Crippen LogP contribution in [0.4, 0.5) is 51.2 Å². The van der Waals surface area contributed by atoms with E-state index in [-0.39, 0.29) is 0 Å². The van der Waals surface area contributed by atoms with Gasteiger partial charge in [0, 0.05) is 111 Å². The fourth-order valence-electron chi connectivity index (χ4n) is 21.2. The van der Waals surface area contributed by atoms with Gasteiger partial charge in [0.1, 0.15) is 0 Å². The molecule has 28 aromatic rings. The van der Waals surface area contributed by atoms with Crippen molar-refractivity contribution in [1.29, 1.82) is 0 Å². The molecule has 0 unspecified atom stereocenters. The highest BCUT2D eigenvalue weighted by Crippen LogP contribution is 2.49. The molecule has 0 aliphatic carbocycles. The van der Waals surface area contributed by atoms with Gasteiger partial charge in [-0.3, -0.25) is 0 Å². The van der Waals surface area contributed by atoms with E-state index >= 15 is 0 Å². The Morgan fingerprint density at radius 2 is 0.347 bits per heavy atom. The molecule has 0 saturated carbocycles. The van der Waals surface area contributed by atoms with E-state index in [4.69, 9.17) is 0 Å². The van der Waals surface area contributed by atoms with E-state index in [0.717, 1.165) is 45.5 Å². The second-order valence-electron chi connectivity index (χ2n) is 36.9. The van der Waals surface area contributed by atoms with E-state index < -0.39 is 0 Å². The van der Waals surface area contributed by atoms with Gasteiger partial charge in [-0.2, -0.15) is 0 Å². The van der Waals surface area contributed by atoms with Gasteiger partial charge < -0.3 is 14.7 Å². The Hall–Kier alpha value is -17.9. The normalized spacial score (nSPS) is 11.5. The molecule has 3 heterocycles. The number of anilines is 9. The number of nitrogens with zero attached hydrogens (tertiary/aromatic N) is 3. The highest BCUT2D eigenvalue weighted by molar-refractivity contribution is 7.26. The van der Waals surface area contributed by atoms with Crippen LogP contribution in [0, 0.1) is 0 Å². The van der Waals surface area contributed by atoms with Crippen LogP contribution in [0.5, 0.6) is 0 Å². The third-order valence-electron chi connectivity index (χ3n) is 28.4. The third-order valence-corrected chi connectivity index (χ3v) is 31.8. The first kappa shape index (κ1) is 86.5. The Labute approximate surface area is 848 Å². The van der Waals surface area contributed by atoms with Gasteiger partial charge in [-0.15, -0.1) is 34.0 Å². The summed E-state index contributed by atoms with van der Waals surface area (Å²) in [6, 6.07) is 201. The van der Waals surface area contributed by atoms with Crippen molar-refractivity contribution in [3.63, 3.8) is 0 Å². The van der Waals surface area contributed by atoms with E-state index in [9.17, 15) is 0 Å². The van der Waals surface area contributed by atoms with Crippen LogP contribution in [0.25, 0.3) is 203 Å². The van der Waals surface area contributed by atoms with Gasteiger partial charge in [0.05, 0.1) is 5.69 Å². The zero-order valence-corrected chi connectivity index (χ0v) is 81.1. The summed E-state index contributed by atoms with van der Waals surface area (Å²) >= 11 is 5.58. The second kappa shape index (κ2) is 37.7.